The van der Waals surface area contributed by atoms with Crippen LogP contribution in [0.4, 0.5) is 17.6 Å². The van der Waals surface area contributed by atoms with Gasteiger partial charge in [0.25, 0.3) is 0 Å². The van der Waals surface area contributed by atoms with Gasteiger partial charge in [-0.2, -0.15) is 13.2 Å². The summed E-state index contributed by atoms with van der Waals surface area (Å²) in [6.07, 6.45) is -4.06. The van der Waals surface area contributed by atoms with E-state index in [9.17, 15) is 17.6 Å². The molecule has 2 nitrogen and oxygen atoms in total. The third-order valence-corrected chi connectivity index (χ3v) is 1.39. The maximum Gasteiger partial charge on any atom is 0.418 e. The van der Waals surface area contributed by atoms with Gasteiger partial charge < -0.3 is 5.11 Å². The summed E-state index contributed by atoms with van der Waals surface area (Å²) in [5.74, 6) is -1.08. The highest BCUT2D eigenvalue weighted by molar-refractivity contribution is 5.23. The summed E-state index contributed by atoms with van der Waals surface area (Å²) < 4.78 is 48.7. The number of hydrogen-bond donors (Lipinski definition) is 1. The maximum absolute atomic E-state index is 12.4. The van der Waals surface area contributed by atoms with Crippen LogP contribution < -0.4 is 0 Å². The van der Waals surface area contributed by atoms with E-state index in [-0.39, 0.29) is 0 Å². The Morgan fingerprint density at radius 2 is 2.00 bits per heavy atom. The lowest BCUT2D eigenvalue weighted by Crippen LogP contribution is -2.11. The number of rotatable bonds is 1. The summed E-state index contributed by atoms with van der Waals surface area (Å²) in [4.78, 5) is 3.12. The molecule has 0 atom stereocenters. The first-order valence-corrected chi connectivity index (χ1v) is 3.27. The molecule has 0 bridgehead atoms. The second-order valence-electron chi connectivity index (χ2n) is 2.30. The van der Waals surface area contributed by atoms with Crippen molar-refractivity contribution >= 4 is 0 Å². The minimum Gasteiger partial charge on any atom is -0.390 e. The summed E-state index contributed by atoms with van der Waals surface area (Å²) >= 11 is 0. The van der Waals surface area contributed by atoms with Crippen molar-refractivity contribution in [1.82, 2.24) is 4.98 Å². The highest BCUT2D eigenvalue weighted by atomic mass is 19.4. The number of aliphatic hydroxyl groups is 1. The van der Waals surface area contributed by atoms with Gasteiger partial charge in [-0.05, 0) is 6.07 Å². The first-order chi connectivity index (χ1) is 5.95. The topological polar surface area (TPSA) is 33.1 Å². The molecule has 0 aliphatic heterocycles. The maximum atomic E-state index is 12.4. The molecule has 0 amide bonds. The van der Waals surface area contributed by atoms with Crippen LogP contribution in [0.3, 0.4) is 0 Å². The predicted octanol–water partition coefficient (Wildman–Crippen LogP) is 1.73. The van der Waals surface area contributed by atoms with Gasteiger partial charge in [-0.25, -0.2) is 4.39 Å². The standard InChI is InChI=1S/C7H5F4NO/c8-4-1-5(7(9,10)11)6(3-13)12-2-4/h1-2,13H,3H2. The minimum absolute atomic E-state index is 0.304. The van der Waals surface area contributed by atoms with E-state index in [0.717, 1.165) is 0 Å². The molecule has 6 heteroatoms. The van der Waals surface area contributed by atoms with Gasteiger partial charge in [0.2, 0.25) is 0 Å². The molecule has 1 aromatic rings. The van der Waals surface area contributed by atoms with Crippen LogP contribution in [-0.4, -0.2) is 10.1 Å². The fourth-order valence-electron chi connectivity index (χ4n) is 0.839. The van der Waals surface area contributed by atoms with Gasteiger partial charge in [-0.1, -0.05) is 0 Å². The summed E-state index contributed by atoms with van der Waals surface area (Å²) in [6.45, 7) is -0.866. The molecule has 0 saturated heterocycles. The SMILES string of the molecule is OCc1ncc(F)cc1C(F)(F)F. The molecular formula is C7H5F4NO. The third kappa shape index (κ3) is 2.15. The van der Waals surface area contributed by atoms with Gasteiger partial charge in [0.1, 0.15) is 5.82 Å². The Hall–Kier alpha value is -1.17. The van der Waals surface area contributed by atoms with Crippen LogP contribution in [0.2, 0.25) is 0 Å². The molecule has 1 heterocycles. The fraction of sp³-hybridized carbons (Fsp3) is 0.286. The van der Waals surface area contributed by atoms with E-state index in [4.69, 9.17) is 5.11 Å². The van der Waals surface area contributed by atoms with Crippen molar-refractivity contribution in [2.24, 2.45) is 0 Å². The second-order valence-corrected chi connectivity index (χ2v) is 2.30. The monoisotopic (exact) mass is 195 g/mol. The Morgan fingerprint density at radius 1 is 1.38 bits per heavy atom. The minimum atomic E-state index is -4.69. The number of hydrogen-bond acceptors (Lipinski definition) is 2. The van der Waals surface area contributed by atoms with E-state index in [0.29, 0.717) is 12.3 Å². The summed E-state index contributed by atoms with van der Waals surface area (Å²) in [5, 5.41) is 8.49. The number of halogens is 4. The molecular weight excluding hydrogens is 190 g/mol. The molecule has 1 aromatic heterocycles. The first-order valence-electron chi connectivity index (χ1n) is 3.27. The van der Waals surface area contributed by atoms with Crippen LogP contribution >= 0.6 is 0 Å². The zero-order valence-corrected chi connectivity index (χ0v) is 6.27. The molecule has 13 heavy (non-hydrogen) atoms. The molecule has 0 spiro atoms. The largest absolute Gasteiger partial charge is 0.418 e. The van der Waals surface area contributed by atoms with E-state index in [1.165, 1.54) is 0 Å². The Labute approximate surface area is 70.8 Å². The van der Waals surface area contributed by atoms with Crippen LogP contribution in [0.5, 0.6) is 0 Å². The third-order valence-electron chi connectivity index (χ3n) is 1.39. The van der Waals surface area contributed by atoms with Gasteiger partial charge in [-0.3, -0.25) is 4.98 Å². The molecule has 0 aliphatic carbocycles. The van der Waals surface area contributed by atoms with Crippen molar-refractivity contribution in [3.05, 3.63) is 29.3 Å². The molecule has 0 fully saturated rings. The number of alkyl halides is 3. The summed E-state index contributed by atoms with van der Waals surface area (Å²) in [7, 11) is 0. The zero-order valence-electron chi connectivity index (χ0n) is 6.27. The average Bonchev–Trinajstić information content (AvgIpc) is 2.03. The second kappa shape index (κ2) is 3.29. The van der Waals surface area contributed by atoms with Crippen molar-refractivity contribution in [1.29, 1.82) is 0 Å². The van der Waals surface area contributed by atoms with E-state index < -0.39 is 29.9 Å². The fourth-order valence-corrected chi connectivity index (χ4v) is 0.839. The smallest absolute Gasteiger partial charge is 0.390 e. The van der Waals surface area contributed by atoms with Gasteiger partial charge in [-0.15, -0.1) is 0 Å². The Morgan fingerprint density at radius 3 is 2.46 bits per heavy atom. The lowest BCUT2D eigenvalue weighted by molar-refractivity contribution is -0.139. The van der Waals surface area contributed by atoms with Crippen molar-refractivity contribution in [2.45, 2.75) is 12.8 Å². The van der Waals surface area contributed by atoms with E-state index in [2.05, 4.69) is 4.98 Å². The molecule has 1 rings (SSSR count). The van der Waals surface area contributed by atoms with E-state index in [1.54, 1.807) is 0 Å². The highest BCUT2D eigenvalue weighted by Gasteiger charge is 2.34. The van der Waals surface area contributed by atoms with Gasteiger partial charge in [0.05, 0.1) is 24.1 Å². The van der Waals surface area contributed by atoms with Crippen LogP contribution in [0.1, 0.15) is 11.3 Å². The lowest BCUT2D eigenvalue weighted by Gasteiger charge is -2.09. The van der Waals surface area contributed by atoms with Crippen LogP contribution in [0, 0.1) is 5.82 Å². The van der Waals surface area contributed by atoms with Crippen molar-refractivity contribution < 1.29 is 22.7 Å². The van der Waals surface area contributed by atoms with Crippen LogP contribution in [-0.2, 0) is 12.8 Å². The number of aliphatic hydroxyl groups excluding tert-OH is 1. The molecule has 0 saturated carbocycles. The average molecular weight is 195 g/mol. The molecule has 0 unspecified atom stereocenters. The van der Waals surface area contributed by atoms with E-state index in [1.807, 2.05) is 0 Å². The Bertz CT molecular complexity index is 310. The Kier molecular flexibility index (Phi) is 2.51. The van der Waals surface area contributed by atoms with E-state index >= 15 is 0 Å². The lowest BCUT2D eigenvalue weighted by atomic mass is 10.2. The molecule has 0 radical (unpaired) electrons. The van der Waals surface area contributed by atoms with Crippen molar-refractivity contribution in [3.8, 4) is 0 Å². The van der Waals surface area contributed by atoms with Gasteiger partial charge in [0, 0.05) is 0 Å². The molecule has 0 aromatic carbocycles. The zero-order chi connectivity index (χ0) is 10.1. The molecule has 72 valence electrons. The van der Waals surface area contributed by atoms with Crippen LogP contribution in [0.15, 0.2) is 12.3 Å². The van der Waals surface area contributed by atoms with Crippen LogP contribution in [0.25, 0.3) is 0 Å². The number of nitrogens with zero attached hydrogens (tertiary/aromatic N) is 1. The van der Waals surface area contributed by atoms with Crippen molar-refractivity contribution in [2.75, 3.05) is 0 Å². The van der Waals surface area contributed by atoms with Crippen molar-refractivity contribution in [3.63, 3.8) is 0 Å². The quantitative estimate of drug-likeness (QED) is 0.692. The molecule has 1 N–H and O–H groups in total. The predicted molar refractivity (Wildman–Crippen MR) is 35.1 cm³/mol. The number of pyridine rings is 1. The summed E-state index contributed by atoms with van der Waals surface area (Å²) in [5.41, 5.74) is -1.82. The highest BCUT2D eigenvalue weighted by Crippen LogP contribution is 2.31. The first kappa shape index (κ1) is 9.91. The van der Waals surface area contributed by atoms with Gasteiger partial charge in [0.15, 0.2) is 0 Å². The Balaban J connectivity index is 3.24. The summed E-state index contributed by atoms with van der Waals surface area (Å²) in [6, 6.07) is 0.304. The number of aromatic nitrogens is 1. The van der Waals surface area contributed by atoms with Gasteiger partial charge >= 0.3 is 6.18 Å². The molecule has 0 aliphatic rings. The normalized spacial score (nSPS) is 11.8.